The Labute approximate surface area is 285 Å². The van der Waals surface area contributed by atoms with E-state index in [1.165, 1.54) is 12.1 Å². The largest absolute Gasteiger partial charge is 0.441 e. The Balaban J connectivity index is 0.927. The van der Waals surface area contributed by atoms with E-state index >= 15 is 0 Å². The van der Waals surface area contributed by atoms with Crippen molar-refractivity contribution in [2.75, 3.05) is 45.5 Å². The molecule has 6 rings (SSSR count). The first-order chi connectivity index (χ1) is 23.3. The minimum Gasteiger partial charge on any atom is -0.441 e. The number of benzene rings is 2. The van der Waals surface area contributed by atoms with Gasteiger partial charge in [0.25, 0.3) is 0 Å². The molecule has 0 radical (unpaired) electrons. The molecule has 4 aliphatic rings. The molecule has 0 atom stereocenters. The van der Waals surface area contributed by atoms with Gasteiger partial charge in [0.2, 0.25) is 5.91 Å². The lowest BCUT2D eigenvalue weighted by molar-refractivity contribution is -0.138. The van der Waals surface area contributed by atoms with Gasteiger partial charge in [-0.15, -0.1) is 0 Å². The van der Waals surface area contributed by atoms with Crippen LogP contribution in [0.1, 0.15) is 72.9 Å². The van der Waals surface area contributed by atoms with Crippen molar-refractivity contribution in [1.82, 2.24) is 14.7 Å². The highest BCUT2D eigenvalue weighted by Crippen LogP contribution is 2.37. The van der Waals surface area contributed by atoms with E-state index in [4.69, 9.17) is 10.00 Å². The molecule has 1 aliphatic carbocycles. The maximum absolute atomic E-state index is 14.4. The maximum atomic E-state index is 14.4. The van der Waals surface area contributed by atoms with Crippen molar-refractivity contribution in [2.24, 2.45) is 17.8 Å². The van der Waals surface area contributed by atoms with Gasteiger partial charge >= 0.3 is 6.09 Å². The average Bonchev–Trinajstić information content (AvgIpc) is 3.39. The fraction of sp³-hybridized carbons (Fsp3) is 0.556. The van der Waals surface area contributed by atoms with E-state index in [2.05, 4.69) is 0 Å². The van der Waals surface area contributed by atoms with Gasteiger partial charge in [0, 0.05) is 81.3 Å². The quantitative estimate of drug-likeness (QED) is 0.355. The van der Waals surface area contributed by atoms with Gasteiger partial charge in [-0.3, -0.25) is 14.5 Å². The molecule has 2 aromatic rings. The van der Waals surface area contributed by atoms with Crippen LogP contribution in [0.15, 0.2) is 41.3 Å². The number of nitrogens with zero attached hydrogens (tertiary/aromatic N) is 4. The number of piperidine rings is 2. The van der Waals surface area contributed by atoms with E-state index in [-0.39, 0.29) is 58.1 Å². The summed E-state index contributed by atoms with van der Waals surface area (Å²) in [6.45, 7) is 3.23. The Morgan fingerprint density at radius 3 is 2.12 bits per heavy atom. The van der Waals surface area contributed by atoms with Crippen LogP contribution < -0.4 is 0 Å². The van der Waals surface area contributed by atoms with E-state index < -0.39 is 27.1 Å². The lowest BCUT2D eigenvalue weighted by atomic mass is 9.80. The molecule has 3 saturated heterocycles. The highest BCUT2D eigenvalue weighted by molar-refractivity contribution is 7.90. The van der Waals surface area contributed by atoms with Crippen molar-refractivity contribution in [1.29, 1.82) is 5.26 Å². The van der Waals surface area contributed by atoms with Gasteiger partial charge in [-0.05, 0) is 68.7 Å². The third-order valence-electron chi connectivity index (χ3n) is 10.9. The third kappa shape index (κ3) is 7.80. The Bertz CT molecular complexity index is 1710. The van der Waals surface area contributed by atoms with E-state index in [1.807, 2.05) is 9.80 Å². The first kappa shape index (κ1) is 35.0. The lowest BCUT2D eigenvalue weighted by Crippen LogP contribution is -2.47. The van der Waals surface area contributed by atoms with Crippen molar-refractivity contribution in [3.63, 3.8) is 0 Å². The first-order valence-electron chi connectivity index (χ1n) is 17.1. The number of rotatable bonds is 8. The molecule has 3 aliphatic heterocycles. The molecule has 1 spiro atoms. The molecule has 49 heavy (non-hydrogen) atoms. The molecule has 0 aromatic heterocycles. The average molecular weight is 697 g/mol. The number of nitriles is 1. The van der Waals surface area contributed by atoms with Crippen molar-refractivity contribution in [3.8, 4) is 6.07 Å². The van der Waals surface area contributed by atoms with Crippen molar-refractivity contribution >= 4 is 27.6 Å². The monoisotopic (exact) mass is 696 g/mol. The van der Waals surface area contributed by atoms with Gasteiger partial charge in [-0.2, -0.15) is 5.26 Å². The zero-order chi connectivity index (χ0) is 34.9. The van der Waals surface area contributed by atoms with Crippen molar-refractivity contribution in [3.05, 3.63) is 64.7 Å². The molecule has 0 N–H and O–H groups in total. The number of amides is 2. The molecule has 3 heterocycles. The van der Waals surface area contributed by atoms with Gasteiger partial charge in [0.15, 0.2) is 15.6 Å². The number of carbonyl (C=O) groups is 3. The summed E-state index contributed by atoms with van der Waals surface area (Å²) in [6.07, 6.45) is 6.25. The van der Waals surface area contributed by atoms with Crippen LogP contribution in [0.4, 0.5) is 13.6 Å². The van der Waals surface area contributed by atoms with Gasteiger partial charge < -0.3 is 14.5 Å². The summed E-state index contributed by atoms with van der Waals surface area (Å²) in [5, 5.41) is 8.94. The molecular formula is C36H42F2N4O6S. The molecule has 10 nitrogen and oxygen atoms in total. The van der Waals surface area contributed by atoms with E-state index in [0.717, 1.165) is 44.1 Å². The summed E-state index contributed by atoms with van der Waals surface area (Å²) in [7, 11) is -3.33. The van der Waals surface area contributed by atoms with Crippen LogP contribution >= 0.6 is 0 Å². The molecule has 13 heteroatoms. The van der Waals surface area contributed by atoms with Crippen molar-refractivity contribution < 1.29 is 36.3 Å². The number of carbonyl (C=O) groups excluding carboxylic acids is 3. The van der Waals surface area contributed by atoms with Crippen LogP contribution in [-0.4, -0.2) is 92.0 Å². The van der Waals surface area contributed by atoms with Crippen LogP contribution in [0, 0.1) is 40.7 Å². The molecular weight excluding hydrogens is 654 g/mol. The lowest BCUT2D eigenvalue weighted by Gasteiger charge is -2.38. The number of Topliss-reactive ketones (excluding diaryl/α,β-unsaturated/α-hetero) is 1. The Kier molecular flexibility index (Phi) is 10.1. The Hall–Kier alpha value is -3.89. The molecule has 0 unspecified atom stereocenters. The maximum Gasteiger partial charge on any atom is 0.410 e. The minimum atomic E-state index is -3.33. The predicted molar refractivity (Wildman–Crippen MR) is 175 cm³/mol. The van der Waals surface area contributed by atoms with E-state index in [0.29, 0.717) is 70.5 Å². The second kappa shape index (κ2) is 14.2. The highest BCUT2D eigenvalue weighted by atomic mass is 32.2. The number of halogens is 2. The number of hydrogen-bond donors (Lipinski definition) is 0. The second-order valence-corrected chi connectivity index (χ2v) is 16.2. The van der Waals surface area contributed by atoms with Gasteiger partial charge in [-0.25, -0.2) is 22.0 Å². The van der Waals surface area contributed by atoms with Gasteiger partial charge in [0.1, 0.15) is 17.2 Å². The Morgan fingerprint density at radius 1 is 0.939 bits per heavy atom. The first-order valence-corrected chi connectivity index (χ1v) is 18.9. The summed E-state index contributed by atoms with van der Waals surface area (Å²) in [6, 6.07) is 9.90. The molecule has 1 saturated carbocycles. The Morgan fingerprint density at radius 2 is 1.55 bits per heavy atom. The fourth-order valence-electron chi connectivity index (χ4n) is 7.88. The number of ether oxygens (including phenoxy) is 1. The van der Waals surface area contributed by atoms with Gasteiger partial charge in [0.05, 0.1) is 23.1 Å². The normalized spacial score (nSPS) is 23.3. The van der Waals surface area contributed by atoms with Crippen LogP contribution in [0.3, 0.4) is 0 Å². The standard InChI is InChI=1S/C36H42F2N4O6S/c1-49(46,47)29-8-6-26(7-9-29)33(43)27-10-14-41(15-11-27)34(44)28-4-2-24(3-5-28)21-42-23-36(48-35(42)45)12-16-40(17-13-36)22-30-31(37)18-25(20-39)19-32(30)38/h6-9,18-19,24,27-28H,2-5,10-17,21-23H2,1H3/t24-,28-. The van der Waals surface area contributed by atoms with Crippen LogP contribution in [0.25, 0.3) is 0 Å². The zero-order valence-corrected chi connectivity index (χ0v) is 28.5. The number of ketones is 1. The SMILES string of the molecule is CS(=O)(=O)c1ccc(C(=O)C2CCN(C(=O)[C@H]3CC[C@H](CN4CC5(CCN(Cc6c(F)cc(C#N)cc6F)CC5)OC4=O)CC3)CC2)cc1. The van der Waals surface area contributed by atoms with Crippen molar-refractivity contribution in [2.45, 2.75) is 68.4 Å². The molecule has 2 aromatic carbocycles. The molecule has 0 bridgehead atoms. The van der Waals surface area contributed by atoms with Crippen LogP contribution in [0.5, 0.6) is 0 Å². The third-order valence-corrected chi connectivity index (χ3v) is 12.0. The van der Waals surface area contributed by atoms with Gasteiger partial charge in [-0.1, -0.05) is 12.1 Å². The summed E-state index contributed by atoms with van der Waals surface area (Å²) in [4.78, 5) is 45.1. The van der Waals surface area contributed by atoms with E-state index in [9.17, 15) is 31.6 Å². The van der Waals surface area contributed by atoms with Crippen LogP contribution in [-0.2, 0) is 25.9 Å². The molecule has 4 fully saturated rings. The zero-order valence-electron chi connectivity index (χ0n) is 27.7. The fourth-order valence-corrected chi connectivity index (χ4v) is 8.51. The van der Waals surface area contributed by atoms with E-state index in [1.54, 1.807) is 23.1 Å². The second-order valence-electron chi connectivity index (χ2n) is 14.2. The highest BCUT2D eigenvalue weighted by Gasteiger charge is 2.47. The molecule has 2 amide bonds. The number of sulfone groups is 1. The summed E-state index contributed by atoms with van der Waals surface area (Å²) in [5.74, 6) is -1.36. The minimum absolute atomic E-state index is 0.0192. The topological polar surface area (TPSA) is 128 Å². The smallest absolute Gasteiger partial charge is 0.410 e. The summed E-state index contributed by atoms with van der Waals surface area (Å²) in [5.41, 5.74) is -0.249. The summed E-state index contributed by atoms with van der Waals surface area (Å²) >= 11 is 0. The number of likely N-dealkylation sites (tertiary alicyclic amines) is 2. The molecule has 262 valence electrons. The predicted octanol–water partition coefficient (Wildman–Crippen LogP) is 4.95. The van der Waals surface area contributed by atoms with Crippen LogP contribution in [0.2, 0.25) is 0 Å². The number of hydrogen-bond acceptors (Lipinski definition) is 8. The summed E-state index contributed by atoms with van der Waals surface area (Å²) < 4.78 is 58.2.